The van der Waals surface area contributed by atoms with Crippen LogP contribution in [0.5, 0.6) is 5.75 Å². The van der Waals surface area contributed by atoms with E-state index in [1.54, 1.807) is 17.6 Å². The first kappa shape index (κ1) is 15.2. The SMILES string of the molecule is COc1ccc(C2NCc3c(sc4c3CCCC4)-n3cccc32)cc1. The molecule has 0 bridgehead atoms. The van der Waals surface area contributed by atoms with Crippen LogP contribution in [0.4, 0.5) is 0 Å². The summed E-state index contributed by atoms with van der Waals surface area (Å²) in [5.41, 5.74) is 5.74. The number of nitrogens with one attached hydrogen (secondary N) is 1. The van der Waals surface area contributed by atoms with Crippen molar-refractivity contribution in [1.29, 1.82) is 0 Å². The average Bonchev–Trinajstić information content (AvgIpc) is 3.24. The van der Waals surface area contributed by atoms with Gasteiger partial charge < -0.3 is 14.6 Å². The summed E-state index contributed by atoms with van der Waals surface area (Å²) in [6.07, 6.45) is 7.39. The average molecular weight is 350 g/mol. The van der Waals surface area contributed by atoms with Crippen LogP contribution in [0.1, 0.15) is 46.1 Å². The van der Waals surface area contributed by atoms with E-state index in [0.717, 1.165) is 12.3 Å². The Morgan fingerprint density at radius 3 is 2.76 bits per heavy atom. The van der Waals surface area contributed by atoms with Gasteiger partial charge in [0.1, 0.15) is 10.8 Å². The van der Waals surface area contributed by atoms with Gasteiger partial charge in [0.15, 0.2) is 0 Å². The second-order valence-electron chi connectivity index (χ2n) is 6.88. The summed E-state index contributed by atoms with van der Waals surface area (Å²) >= 11 is 2.00. The number of fused-ring (bicyclic) bond motifs is 5. The van der Waals surface area contributed by atoms with Gasteiger partial charge in [0, 0.05) is 28.9 Å². The Morgan fingerprint density at radius 1 is 1.08 bits per heavy atom. The van der Waals surface area contributed by atoms with Crippen LogP contribution in [0.25, 0.3) is 5.00 Å². The fourth-order valence-corrected chi connectivity index (χ4v) is 5.61. The molecule has 1 N–H and O–H groups in total. The monoisotopic (exact) mass is 350 g/mol. The van der Waals surface area contributed by atoms with E-state index < -0.39 is 0 Å². The highest BCUT2D eigenvalue weighted by Gasteiger charge is 2.28. The second-order valence-corrected chi connectivity index (χ2v) is 7.97. The van der Waals surface area contributed by atoms with E-state index in [2.05, 4.69) is 40.3 Å². The highest BCUT2D eigenvalue weighted by molar-refractivity contribution is 7.15. The van der Waals surface area contributed by atoms with E-state index in [0.29, 0.717) is 0 Å². The molecule has 1 unspecified atom stereocenters. The molecule has 128 valence electrons. The smallest absolute Gasteiger partial charge is 0.118 e. The predicted octanol–water partition coefficient (Wildman–Crippen LogP) is 4.62. The van der Waals surface area contributed by atoms with Crippen molar-refractivity contribution in [3.05, 3.63) is 69.9 Å². The molecule has 0 spiro atoms. The van der Waals surface area contributed by atoms with Crippen molar-refractivity contribution < 1.29 is 4.74 Å². The fraction of sp³-hybridized carbons (Fsp3) is 0.333. The van der Waals surface area contributed by atoms with Crippen LogP contribution in [-0.4, -0.2) is 11.7 Å². The minimum absolute atomic E-state index is 0.208. The van der Waals surface area contributed by atoms with Crippen molar-refractivity contribution in [3.8, 4) is 10.8 Å². The molecule has 0 amide bonds. The van der Waals surface area contributed by atoms with Gasteiger partial charge in [-0.3, -0.25) is 0 Å². The van der Waals surface area contributed by atoms with Crippen molar-refractivity contribution in [1.82, 2.24) is 9.88 Å². The lowest BCUT2D eigenvalue weighted by molar-refractivity contribution is 0.414. The Balaban J connectivity index is 1.60. The first-order valence-electron chi connectivity index (χ1n) is 9.03. The van der Waals surface area contributed by atoms with Crippen LogP contribution in [0, 0.1) is 0 Å². The molecule has 2 aromatic heterocycles. The molecule has 2 aliphatic rings. The summed E-state index contributed by atoms with van der Waals surface area (Å²) in [6.45, 7) is 0.944. The number of aromatic nitrogens is 1. The number of benzene rings is 1. The van der Waals surface area contributed by atoms with Crippen LogP contribution < -0.4 is 10.1 Å². The molecule has 5 rings (SSSR count). The molecule has 0 radical (unpaired) electrons. The van der Waals surface area contributed by atoms with Crippen molar-refractivity contribution in [2.45, 2.75) is 38.3 Å². The molecule has 0 saturated carbocycles. The minimum Gasteiger partial charge on any atom is -0.497 e. The first-order chi connectivity index (χ1) is 12.3. The zero-order valence-electron chi connectivity index (χ0n) is 14.4. The van der Waals surface area contributed by atoms with Crippen molar-refractivity contribution >= 4 is 11.3 Å². The standard InChI is InChI=1S/C21H22N2OS/c1-24-15-10-8-14(9-11-15)20-18-6-4-12-23(18)21-17(13-22-20)16-5-2-3-7-19(16)25-21/h4,6,8-12,20,22H,2-3,5,7,13H2,1H3. The Kier molecular flexibility index (Phi) is 3.68. The lowest BCUT2D eigenvalue weighted by atomic mass is 9.95. The van der Waals surface area contributed by atoms with Gasteiger partial charge >= 0.3 is 0 Å². The summed E-state index contributed by atoms with van der Waals surface area (Å²) < 4.78 is 7.72. The van der Waals surface area contributed by atoms with Crippen LogP contribution in [-0.2, 0) is 19.4 Å². The Hall–Kier alpha value is -2.04. The van der Waals surface area contributed by atoms with E-state index in [-0.39, 0.29) is 6.04 Å². The number of methoxy groups -OCH3 is 1. The molecule has 1 aliphatic heterocycles. The van der Waals surface area contributed by atoms with Crippen LogP contribution in [0.3, 0.4) is 0 Å². The topological polar surface area (TPSA) is 26.2 Å². The summed E-state index contributed by atoms with van der Waals surface area (Å²) in [4.78, 5) is 1.61. The number of nitrogens with zero attached hydrogens (tertiary/aromatic N) is 1. The maximum atomic E-state index is 5.31. The highest BCUT2D eigenvalue weighted by Crippen LogP contribution is 2.40. The summed E-state index contributed by atoms with van der Waals surface area (Å²) in [5, 5.41) is 5.24. The van der Waals surface area contributed by atoms with Crippen molar-refractivity contribution in [2.75, 3.05) is 7.11 Å². The van der Waals surface area contributed by atoms with E-state index in [1.807, 2.05) is 23.5 Å². The lowest BCUT2D eigenvalue weighted by Gasteiger charge is -2.19. The molecule has 3 nitrogen and oxygen atoms in total. The van der Waals surface area contributed by atoms with E-state index in [4.69, 9.17) is 4.74 Å². The number of aryl methyl sites for hydroxylation is 1. The summed E-state index contributed by atoms with van der Waals surface area (Å²) in [5.74, 6) is 0.904. The number of hydrogen-bond donors (Lipinski definition) is 1. The molecule has 1 aromatic carbocycles. The molecular weight excluding hydrogens is 328 g/mol. The third-order valence-electron chi connectivity index (χ3n) is 5.49. The number of hydrogen-bond acceptors (Lipinski definition) is 3. The minimum atomic E-state index is 0.208. The number of ether oxygens (including phenoxy) is 1. The predicted molar refractivity (Wildman–Crippen MR) is 102 cm³/mol. The van der Waals surface area contributed by atoms with E-state index >= 15 is 0 Å². The molecule has 0 fully saturated rings. The van der Waals surface area contributed by atoms with Gasteiger partial charge in [-0.25, -0.2) is 0 Å². The Labute approximate surface area is 152 Å². The Bertz CT molecular complexity index is 907. The second kappa shape index (κ2) is 6.04. The molecule has 1 aliphatic carbocycles. The quantitative estimate of drug-likeness (QED) is 0.730. The first-order valence-corrected chi connectivity index (χ1v) is 9.85. The zero-order chi connectivity index (χ0) is 16.8. The maximum absolute atomic E-state index is 5.31. The van der Waals surface area contributed by atoms with Crippen molar-refractivity contribution in [3.63, 3.8) is 0 Å². The molecule has 25 heavy (non-hydrogen) atoms. The molecule has 3 heterocycles. The van der Waals surface area contributed by atoms with Gasteiger partial charge in [-0.1, -0.05) is 12.1 Å². The van der Waals surface area contributed by atoms with Gasteiger partial charge in [0.05, 0.1) is 13.2 Å². The van der Waals surface area contributed by atoms with Gasteiger partial charge in [-0.2, -0.15) is 0 Å². The third-order valence-corrected chi connectivity index (χ3v) is 6.82. The fourth-order valence-electron chi connectivity index (χ4n) is 4.20. The van der Waals surface area contributed by atoms with Crippen LogP contribution in [0.2, 0.25) is 0 Å². The summed E-state index contributed by atoms with van der Waals surface area (Å²) in [7, 11) is 1.71. The lowest BCUT2D eigenvalue weighted by Crippen LogP contribution is -2.21. The molecule has 0 saturated heterocycles. The maximum Gasteiger partial charge on any atom is 0.118 e. The molecular formula is C21H22N2OS. The zero-order valence-corrected chi connectivity index (χ0v) is 15.2. The molecule has 3 aromatic rings. The van der Waals surface area contributed by atoms with E-state index in [9.17, 15) is 0 Å². The van der Waals surface area contributed by atoms with Gasteiger partial charge in [-0.05, 0) is 61.1 Å². The molecule has 1 atom stereocenters. The number of thiophene rings is 1. The van der Waals surface area contributed by atoms with Crippen LogP contribution in [0.15, 0.2) is 42.6 Å². The normalized spacial score (nSPS) is 18.8. The largest absolute Gasteiger partial charge is 0.497 e. The third kappa shape index (κ3) is 2.43. The highest BCUT2D eigenvalue weighted by atomic mass is 32.1. The summed E-state index contributed by atoms with van der Waals surface area (Å²) in [6, 6.07) is 13.1. The van der Waals surface area contributed by atoms with Crippen molar-refractivity contribution in [2.24, 2.45) is 0 Å². The number of rotatable bonds is 2. The Morgan fingerprint density at radius 2 is 1.92 bits per heavy atom. The van der Waals surface area contributed by atoms with E-state index in [1.165, 1.54) is 47.5 Å². The molecule has 4 heteroatoms. The van der Waals surface area contributed by atoms with Gasteiger partial charge in [0.25, 0.3) is 0 Å². The van der Waals surface area contributed by atoms with Crippen LogP contribution >= 0.6 is 11.3 Å². The van der Waals surface area contributed by atoms with Gasteiger partial charge in [0.2, 0.25) is 0 Å². The van der Waals surface area contributed by atoms with Gasteiger partial charge in [-0.15, -0.1) is 11.3 Å².